The molecule has 1 N–H and O–H groups in total. The molecule has 0 bridgehead atoms. The predicted octanol–water partition coefficient (Wildman–Crippen LogP) is 6.43. The van der Waals surface area contributed by atoms with Gasteiger partial charge in [-0.15, -0.1) is 0 Å². The zero-order valence-corrected chi connectivity index (χ0v) is 18.6. The van der Waals surface area contributed by atoms with Crippen LogP contribution in [0.3, 0.4) is 0 Å². The molecule has 0 saturated carbocycles. The lowest BCUT2D eigenvalue weighted by atomic mass is 10.1. The Bertz CT molecular complexity index is 1190. The highest BCUT2D eigenvalue weighted by Crippen LogP contribution is 2.31. The van der Waals surface area contributed by atoms with E-state index in [1.807, 2.05) is 30.3 Å². The Morgan fingerprint density at radius 1 is 1.06 bits per heavy atom. The number of anilines is 1. The second kappa shape index (κ2) is 10.3. The first kappa shape index (κ1) is 23.3. The third-order valence-corrected chi connectivity index (χ3v) is 5.16. The minimum absolute atomic E-state index is 0.0507. The van der Waals surface area contributed by atoms with E-state index in [1.165, 1.54) is 18.2 Å². The van der Waals surface area contributed by atoms with E-state index in [9.17, 15) is 23.2 Å². The fourth-order valence-corrected chi connectivity index (χ4v) is 3.44. The van der Waals surface area contributed by atoms with Crippen molar-refractivity contribution in [2.75, 3.05) is 5.32 Å². The molecule has 0 atom stereocenters. The number of nitrogens with one attached hydrogen (secondary N) is 1. The van der Waals surface area contributed by atoms with E-state index in [4.69, 9.17) is 4.74 Å². The average molecular weight is 548 g/mol. The highest BCUT2D eigenvalue weighted by Gasteiger charge is 2.30. The molecule has 0 aliphatic carbocycles. The van der Waals surface area contributed by atoms with Crippen molar-refractivity contribution in [1.82, 2.24) is 0 Å². The summed E-state index contributed by atoms with van der Waals surface area (Å²) in [6.45, 7) is 0.398. The molecule has 0 aliphatic rings. The predicted molar refractivity (Wildman–Crippen MR) is 124 cm³/mol. The number of amides is 1. The quantitative estimate of drug-likeness (QED) is 0.219. The summed E-state index contributed by atoms with van der Waals surface area (Å²) in [4.78, 5) is 12.4. The van der Waals surface area contributed by atoms with Crippen molar-refractivity contribution >= 4 is 40.3 Å². The molecular weight excluding hydrogens is 532 g/mol. The summed E-state index contributed by atoms with van der Waals surface area (Å²) in [5.41, 5.74) is 0.419. The summed E-state index contributed by atoms with van der Waals surface area (Å²) in [7, 11) is 0. The van der Waals surface area contributed by atoms with E-state index < -0.39 is 17.6 Å². The summed E-state index contributed by atoms with van der Waals surface area (Å²) >= 11 is 2.09. The van der Waals surface area contributed by atoms with Crippen LogP contribution in [-0.2, 0) is 17.6 Å². The van der Waals surface area contributed by atoms with Crippen molar-refractivity contribution in [2.24, 2.45) is 0 Å². The number of hydrogen-bond acceptors (Lipinski definition) is 3. The third kappa shape index (κ3) is 6.34. The molecule has 0 fully saturated rings. The first-order valence-electron chi connectivity index (χ1n) is 9.33. The number of nitrogens with zero attached hydrogens (tertiary/aromatic N) is 1. The normalized spacial score (nSPS) is 11.5. The van der Waals surface area contributed by atoms with Gasteiger partial charge >= 0.3 is 6.18 Å². The molecule has 0 saturated heterocycles. The van der Waals surface area contributed by atoms with Crippen molar-refractivity contribution in [3.63, 3.8) is 0 Å². The zero-order valence-electron chi connectivity index (χ0n) is 16.5. The number of rotatable bonds is 6. The van der Waals surface area contributed by atoms with Gasteiger partial charge in [-0.1, -0.05) is 42.5 Å². The Morgan fingerprint density at radius 2 is 1.81 bits per heavy atom. The van der Waals surface area contributed by atoms with Gasteiger partial charge in [0.15, 0.2) is 0 Å². The maximum absolute atomic E-state index is 12.9. The van der Waals surface area contributed by atoms with Crippen LogP contribution in [0.2, 0.25) is 0 Å². The monoisotopic (exact) mass is 548 g/mol. The molecule has 0 unspecified atom stereocenters. The van der Waals surface area contributed by atoms with Crippen molar-refractivity contribution < 1.29 is 22.7 Å². The van der Waals surface area contributed by atoms with Crippen LogP contribution >= 0.6 is 22.6 Å². The second-order valence-corrected chi connectivity index (χ2v) is 7.83. The van der Waals surface area contributed by atoms with Crippen LogP contribution in [-0.4, -0.2) is 5.91 Å². The van der Waals surface area contributed by atoms with E-state index >= 15 is 0 Å². The van der Waals surface area contributed by atoms with Crippen LogP contribution in [0.4, 0.5) is 18.9 Å². The molecule has 162 valence electrons. The molecule has 0 radical (unpaired) electrons. The minimum Gasteiger partial charge on any atom is -0.488 e. The van der Waals surface area contributed by atoms with Gasteiger partial charge in [0.05, 0.1) is 9.13 Å². The first-order chi connectivity index (χ1) is 15.3. The lowest BCUT2D eigenvalue weighted by Crippen LogP contribution is -2.14. The van der Waals surface area contributed by atoms with Gasteiger partial charge in [-0.3, -0.25) is 4.79 Å². The minimum atomic E-state index is -4.53. The maximum atomic E-state index is 12.9. The number of alkyl halides is 3. The lowest BCUT2D eigenvalue weighted by Gasteiger charge is -2.10. The molecule has 3 aromatic carbocycles. The smallest absolute Gasteiger partial charge is 0.416 e. The van der Waals surface area contributed by atoms with Crippen LogP contribution in [0.5, 0.6) is 5.75 Å². The lowest BCUT2D eigenvalue weighted by molar-refractivity contribution is -0.137. The number of halogens is 4. The van der Waals surface area contributed by atoms with Gasteiger partial charge in [0.25, 0.3) is 5.91 Å². The fourth-order valence-electron chi connectivity index (χ4n) is 2.75. The van der Waals surface area contributed by atoms with Crippen molar-refractivity contribution in [3.05, 3.63) is 98.6 Å². The SMILES string of the molecule is N#C/C(=C/c1ccc(OCc2ccccc2)c(I)c1)C(=O)Nc1cccc(C(F)(F)F)c1. The molecule has 0 aliphatic heterocycles. The van der Waals surface area contributed by atoms with E-state index in [1.54, 1.807) is 24.3 Å². The highest BCUT2D eigenvalue weighted by atomic mass is 127. The topological polar surface area (TPSA) is 62.1 Å². The number of ether oxygens (including phenoxy) is 1. The van der Waals surface area contributed by atoms with Crippen LogP contribution < -0.4 is 10.1 Å². The molecule has 0 aromatic heterocycles. The summed E-state index contributed by atoms with van der Waals surface area (Å²) in [6.07, 6.45) is -3.16. The van der Waals surface area contributed by atoms with Gasteiger partial charge in [0.2, 0.25) is 0 Å². The van der Waals surface area contributed by atoms with Crippen LogP contribution in [0, 0.1) is 14.9 Å². The zero-order chi connectivity index (χ0) is 23.1. The van der Waals surface area contributed by atoms with E-state index in [2.05, 4.69) is 27.9 Å². The molecule has 8 heteroatoms. The van der Waals surface area contributed by atoms with Gasteiger partial charge in [-0.05, 0) is 70.1 Å². The molecule has 0 heterocycles. The highest BCUT2D eigenvalue weighted by molar-refractivity contribution is 14.1. The third-order valence-electron chi connectivity index (χ3n) is 4.32. The summed E-state index contributed by atoms with van der Waals surface area (Å²) in [5, 5.41) is 11.7. The van der Waals surface area contributed by atoms with Crippen LogP contribution in [0.1, 0.15) is 16.7 Å². The fraction of sp³-hybridized carbons (Fsp3) is 0.0833. The summed E-state index contributed by atoms with van der Waals surface area (Å²) in [5.74, 6) is -0.148. The molecule has 3 rings (SSSR count). The van der Waals surface area contributed by atoms with Gasteiger partial charge in [-0.25, -0.2) is 0 Å². The number of hydrogen-bond donors (Lipinski definition) is 1. The van der Waals surface area contributed by atoms with E-state index in [-0.39, 0.29) is 11.3 Å². The molecule has 3 aromatic rings. The van der Waals surface area contributed by atoms with Crippen molar-refractivity contribution in [3.8, 4) is 11.8 Å². The van der Waals surface area contributed by atoms with Gasteiger partial charge in [0, 0.05) is 5.69 Å². The molecule has 0 spiro atoms. The Labute approximate surface area is 196 Å². The molecule has 32 heavy (non-hydrogen) atoms. The van der Waals surface area contributed by atoms with Crippen LogP contribution in [0.25, 0.3) is 6.08 Å². The van der Waals surface area contributed by atoms with E-state index in [0.717, 1.165) is 21.3 Å². The number of carbonyl (C=O) groups is 1. The Hall–Kier alpha value is -3.32. The summed E-state index contributed by atoms with van der Waals surface area (Å²) < 4.78 is 45.1. The number of nitriles is 1. The summed E-state index contributed by atoms with van der Waals surface area (Å²) in [6, 6.07) is 20.9. The Balaban J connectivity index is 1.72. The maximum Gasteiger partial charge on any atom is 0.416 e. The van der Waals surface area contributed by atoms with E-state index in [0.29, 0.717) is 17.9 Å². The molecule has 4 nitrogen and oxygen atoms in total. The van der Waals surface area contributed by atoms with Crippen molar-refractivity contribution in [2.45, 2.75) is 12.8 Å². The van der Waals surface area contributed by atoms with Crippen LogP contribution in [0.15, 0.2) is 78.4 Å². The second-order valence-electron chi connectivity index (χ2n) is 6.67. The number of carbonyl (C=O) groups excluding carboxylic acids is 1. The Morgan fingerprint density at radius 3 is 2.47 bits per heavy atom. The average Bonchev–Trinajstić information content (AvgIpc) is 2.77. The molecular formula is C24H16F3IN2O2. The van der Waals surface area contributed by atoms with Gasteiger partial charge in [-0.2, -0.15) is 18.4 Å². The standard InChI is InChI=1S/C24H16F3IN2O2/c25-24(26,27)19-7-4-8-20(13-19)30-23(31)18(14-29)11-17-9-10-22(21(28)12-17)32-15-16-5-2-1-3-6-16/h1-13H,15H2,(H,30,31)/b18-11-. The van der Waals surface area contributed by atoms with Gasteiger partial charge < -0.3 is 10.1 Å². The molecule has 1 amide bonds. The van der Waals surface area contributed by atoms with Gasteiger partial charge in [0.1, 0.15) is 24.0 Å². The largest absolute Gasteiger partial charge is 0.488 e. The first-order valence-corrected chi connectivity index (χ1v) is 10.4. The Kier molecular flexibility index (Phi) is 7.53. The number of benzene rings is 3. The van der Waals surface area contributed by atoms with Crippen molar-refractivity contribution in [1.29, 1.82) is 5.26 Å².